The summed E-state index contributed by atoms with van der Waals surface area (Å²) in [6.45, 7) is 3.22. The van der Waals surface area contributed by atoms with Gasteiger partial charge in [-0.05, 0) is 28.5 Å². The molecule has 0 aromatic heterocycles. The lowest BCUT2D eigenvalue weighted by atomic mass is 9.97. The van der Waals surface area contributed by atoms with Crippen molar-refractivity contribution >= 4 is 57.9 Å². The topological polar surface area (TPSA) is 220 Å². The van der Waals surface area contributed by atoms with Crippen LogP contribution in [-0.2, 0) is 19.2 Å². The van der Waals surface area contributed by atoms with Crippen LogP contribution in [-0.4, -0.2) is 64.4 Å². The van der Waals surface area contributed by atoms with Crippen LogP contribution in [0.5, 0.6) is 5.75 Å². The third kappa shape index (κ3) is 7.25. The first kappa shape index (κ1) is 28.7. The molecule has 1 aromatic rings. The minimum atomic E-state index is -1.63. The van der Waals surface area contributed by atoms with E-state index in [-0.39, 0.29) is 27.9 Å². The molecule has 1 aliphatic heterocycles. The molecule has 6 N–H and O–H groups in total. The van der Waals surface area contributed by atoms with Crippen molar-refractivity contribution in [2.45, 2.75) is 51.2 Å². The number of carbonyl (C=O) groups is 5. The Labute approximate surface area is 219 Å². The molecule has 0 aliphatic carbocycles. The molecule has 14 nitrogen and oxygen atoms in total. The number of hydrogen-bond donors (Lipinski definition) is 5. The van der Waals surface area contributed by atoms with Gasteiger partial charge in [0.2, 0.25) is 17.7 Å². The minimum Gasteiger partial charge on any atom is -0.492 e. The number of carboxylic acid groups (broad SMARTS) is 1. The number of benzene rings is 1. The molecular formula is C21H26IN5O9. The zero-order valence-corrected chi connectivity index (χ0v) is 21.6. The van der Waals surface area contributed by atoms with E-state index in [0.29, 0.717) is 6.42 Å². The van der Waals surface area contributed by atoms with Crippen molar-refractivity contribution in [3.05, 3.63) is 31.4 Å². The summed E-state index contributed by atoms with van der Waals surface area (Å²) >= 11 is 1.72. The summed E-state index contributed by atoms with van der Waals surface area (Å²) in [6, 6.07) is -1.90. The molecule has 1 heterocycles. The van der Waals surface area contributed by atoms with Crippen molar-refractivity contribution in [2.75, 3.05) is 6.61 Å². The number of non-ortho nitro benzene ring substituents is 1. The van der Waals surface area contributed by atoms with Gasteiger partial charge < -0.3 is 31.5 Å². The molecule has 1 aliphatic rings. The highest BCUT2D eigenvalue weighted by Gasteiger charge is 2.34. The third-order valence-electron chi connectivity index (χ3n) is 5.59. The molecule has 1 aromatic carbocycles. The number of ether oxygens (including phenoxy) is 1. The van der Waals surface area contributed by atoms with Gasteiger partial charge in [-0.2, -0.15) is 0 Å². The Morgan fingerprint density at radius 1 is 1.25 bits per heavy atom. The number of fused-ring (bicyclic) bond motifs is 1. The Hall–Kier alpha value is -3.50. The Bertz CT molecular complexity index is 1080. The van der Waals surface area contributed by atoms with E-state index in [1.54, 1.807) is 36.4 Å². The van der Waals surface area contributed by atoms with E-state index in [9.17, 15) is 39.2 Å². The second-order valence-electron chi connectivity index (χ2n) is 8.16. The number of nitrogens with zero attached hydrogens (tertiary/aromatic N) is 1. The van der Waals surface area contributed by atoms with Crippen LogP contribution < -0.4 is 26.4 Å². The fourth-order valence-corrected chi connectivity index (χ4v) is 4.17. The first-order valence-corrected chi connectivity index (χ1v) is 12.0. The van der Waals surface area contributed by atoms with E-state index in [0.717, 1.165) is 12.1 Å². The number of nitro groups is 1. The van der Waals surface area contributed by atoms with Crippen LogP contribution in [0.15, 0.2) is 12.1 Å². The van der Waals surface area contributed by atoms with Crippen LogP contribution in [0.3, 0.4) is 0 Å². The van der Waals surface area contributed by atoms with Gasteiger partial charge in [0, 0.05) is 18.6 Å². The molecule has 15 heteroatoms. The lowest BCUT2D eigenvalue weighted by molar-refractivity contribution is -0.385. The predicted molar refractivity (Wildman–Crippen MR) is 132 cm³/mol. The van der Waals surface area contributed by atoms with Crippen molar-refractivity contribution < 1.29 is 38.7 Å². The molecule has 3 unspecified atom stereocenters. The number of nitro benzene ring substituents is 1. The average molecular weight is 619 g/mol. The molecular weight excluding hydrogens is 593 g/mol. The van der Waals surface area contributed by atoms with Gasteiger partial charge in [-0.3, -0.25) is 34.1 Å². The molecule has 196 valence electrons. The van der Waals surface area contributed by atoms with Gasteiger partial charge in [-0.25, -0.2) is 0 Å². The number of rotatable bonds is 6. The van der Waals surface area contributed by atoms with Gasteiger partial charge in [-0.1, -0.05) is 20.3 Å². The van der Waals surface area contributed by atoms with Gasteiger partial charge in [0.25, 0.3) is 11.6 Å². The van der Waals surface area contributed by atoms with E-state index in [1.165, 1.54) is 0 Å². The lowest BCUT2D eigenvalue weighted by Gasteiger charge is -2.28. The number of nitrogens with one attached hydrogen (secondary N) is 3. The van der Waals surface area contributed by atoms with Crippen molar-refractivity contribution in [3.8, 4) is 5.75 Å². The smallest absolute Gasteiger partial charge is 0.305 e. The van der Waals surface area contributed by atoms with Gasteiger partial charge in [-0.15, -0.1) is 0 Å². The first-order chi connectivity index (χ1) is 16.8. The van der Waals surface area contributed by atoms with E-state index >= 15 is 0 Å². The number of primary amides is 1. The van der Waals surface area contributed by atoms with E-state index in [2.05, 4.69) is 16.0 Å². The highest BCUT2D eigenvalue weighted by atomic mass is 127. The third-order valence-corrected chi connectivity index (χ3v) is 6.39. The van der Waals surface area contributed by atoms with E-state index < -0.39 is 70.7 Å². The highest BCUT2D eigenvalue weighted by molar-refractivity contribution is 14.1. The predicted octanol–water partition coefficient (Wildman–Crippen LogP) is 0.0560. The van der Waals surface area contributed by atoms with E-state index in [4.69, 9.17) is 10.5 Å². The lowest BCUT2D eigenvalue weighted by Crippen LogP contribution is -2.58. The fraction of sp³-hybridized carbons (Fsp3) is 0.476. The first-order valence-electron chi connectivity index (χ1n) is 10.9. The number of carbonyl (C=O) groups excluding carboxylic acids is 4. The van der Waals surface area contributed by atoms with Gasteiger partial charge in [0.1, 0.15) is 23.9 Å². The molecule has 0 saturated heterocycles. The molecule has 36 heavy (non-hydrogen) atoms. The number of nitrogens with two attached hydrogens (primary N) is 1. The van der Waals surface area contributed by atoms with Gasteiger partial charge in [0.05, 0.1) is 27.1 Å². The maximum atomic E-state index is 13.1. The van der Waals surface area contributed by atoms with Gasteiger partial charge in [0.15, 0.2) is 0 Å². The summed E-state index contributed by atoms with van der Waals surface area (Å²) in [4.78, 5) is 73.1. The Morgan fingerprint density at radius 3 is 2.47 bits per heavy atom. The number of amides is 4. The summed E-state index contributed by atoms with van der Waals surface area (Å²) in [5.74, 6) is -5.49. The zero-order chi connectivity index (χ0) is 27.2. The monoisotopic (exact) mass is 619 g/mol. The molecule has 0 spiro atoms. The molecule has 0 radical (unpaired) electrons. The number of aliphatic carboxylic acids is 1. The van der Waals surface area contributed by atoms with Crippen LogP contribution in [0.25, 0.3) is 0 Å². The quantitative estimate of drug-likeness (QED) is 0.165. The average Bonchev–Trinajstić information content (AvgIpc) is 2.79. The second kappa shape index (κ2) is 12.5. The SMILES string of the molecule is CCC(C)[C@@H]1NC(=O)C(CC(=O)O)NC(=O)c2cc([N+](=O)[O-])cc(I)c2OCCC(C(N)=O)NC1=O. The maximum Gasteiger partial charge on any atom is 0.305 e. The molecule has 2 rings (SSSR count). The maximum absolute atomic E-state index is 13.1. The molecule has 0 saturated carbocycles. The van der Waals surface area contributed by atoms with Crippen molar-refractivity contribution in [2.24, 2.45) is 11.7 Å². The molecule has 4 amide bonds. The standard InChI is InChI=1S/C21H26IN5O9/c1-3-9(2)16-21(33)24-13(18(23)30)4-5-36-17-11(6-10(27(34)35)7-12(17)22)19(31)25-14(8-15(28)29)20(32)26-16/h6-7,9,13-14,16H,3-5,8H2,1-2H3,(H2,23,30)(H,24,33)(H,25,31)(H,26,32)(H,28,29)/t9?,13?,14?,16-/m0/s1. The number of carboxylic acids is 1. The summed E-state index contributed by atoms with van der Waals surface area (Å²) < 4.78 is 5.83. The van der Waals surface area contributed by atoms with Gasteiger partial charge >= 0.3 is 5.97 Å². The van der Waals surface area contributed by atoms with Crippen molar-refractivity contribution in [1.29, 1.82) is 0 Å². The second-order valence-corrected chi connectivity index (χ2v) is 9.32. The summed E-state index contributed by atoms with van der Waals surface area (Å²) in [6.07, 6.45) is -0.495. The van der Waals surface area contributed by atoms with Crippen LogP contribution in [0.4, 0.5) is 5.69 Å². The highest BCUT2D eigenvalue weighted by Crippen LogP contribution is 2.31. The van der Waals surface area contributed by atoms with Crippen LogP contribution in [0.2, 0.25) is 0 Å². The Balaban J connectivity index is 2.60. The van der Waals surface area contributed by atoms with Crippen molar-refractivity contribution in [1.82, 2.24) is 16.0 Å². The Kier molecular flexibility index (Phi) is 9.94. The van der Waals surface area contributed by atoms with Crippen LogP contribution in [0, 0.1) is 19.6 Å². The normalized spacial score (nSPS) is 22.0. The number of hydrogen-bond acceptors (Lipinski definition) is 8. The van der Waals surface area contributed by atoms with E-state index in [1.807, 2.05) is 0 Å². The summed E-state index contributed by atoms with van der Waals surface area (Å²) in [7, 11) is 0. The zero-order valence-electron chi connectivity index (χ0n) is 19.4. The summed E-state index contributed by atoms with van der Waals surface area (Å²) in [5.41, 5.74) is 4.67. The van der Waals surface area contributed by atoms with Crippen molar-refractivity contribution in [3.63, 3.8) is 0 Å². The molecule has 4 atom stereocenters. The largest absolute Gasteiger partial charge is 0.492 e. The Morgan fingerprint density at radius 2 is 1.92 bits per heavy atom. The molecule has 0 bridgehead atoms. The minimum absolute atomic E-state index is 0.0859. The fourth-order valence-electron chi connectivity index (χ4n) is 3.40. The van der Waals surface area contributed by atoms with Crippen LogP contribution >= 0.6 is 22.6 Å². The summed E-state index contributed by atoms with van der Waals surface area (Å²) in [5, 5.41) is 27.8. The molecule has 0 fully saturated rings. The van der Waals surface area contributed by atoms with Crippen LogP contribution in [0.1, 0.15) is 43.5 Å². The number of halogens is 1.